The number of para-hydroxylation sites is 1. The first kappa shape index (κ1) is 18.7. The smallest absolute Gasteiger partial charge is 0.226 e. The molecule has 1 N–H and O–H groups in total. The van der Waals surface area contributed by atoms with Crippen LogP contribution in [0.25, 0.3) is 0 Å². The van der Waals surface area contributed by atoms with Crippen LogP contribution >= 0.6 is 0 Å². The Labute approximate surface area is 157 Å². The Hall–Kier alpha value is -2.13. The van der Waals surface area contributed by atoms with Gasteiger partial charge in [-0.3, -0.25) is 4.79 Å². The second kappa shape index (κ2) is 8.05. The summed E-state index contributed by atoms with van der Waals surface area (Å²) in [5.74, 6) is 0.762. The third-order valence-electron chi connectivity index (χ3n) is 5.36. The van der Waals surface area contributed by atoms with Crippen LogP contribution in [-0.4, -0.2) is 11.9 Å². The summed E-state index contributed by atoms with van der Waals surface area (Å²) in [5.41, 5.74) is 4.96. The van der Waals surface area contributed by atoms with Gasteiger partial charge < -0.3 is 10.2 Å². The maximum atomic E-state index is 12.4. The zero-order valence-corrected chi connectivity index (χ0v) is 16.3. The van der Waals surface area contributed by atoms with E-state index < -0.39 is 0 Å². The summed E-state index contributed by atoms with van der Waals surface area (Å²) in [6, 6.07) is 17.7. The number of fused-ring (bicyclic) bond motifs is 1. The molecule has 3 heteroatoms. The molecule has 1 aliphatic heterocycles. The lowest BCUT2D eigenvalue weighted by molar-refractivity contribution is -0.118. The van der Waals surface area contributed by atoms with Gasteiger partial charge in [0.05, 0.1) is 0 Å². The molecule has 0 aliphatic carbocycles. The van der Waals surface area contributed by atoms with Crippen molar-refractivity contribution in [3.8, 4) is 0 Å². The molecule has 1 aliphatic rings. The van der Waals surface area contributed by atoms with Crippen LogP contribution in [0, 0.1) is 0 Å². The lowest BCUT2D eigenvalue weighted by atomic mass is 9.91. The minimum absolute atomic E-state index is 0.202. The number of rotatable bonds is 5. The second-order valence-electron chi connectivity index (χ2n) is 7.59. The molecule has 3 nitrogen and oxygen atoms in total. The maximum Gasteiger partial charge on any atom is 0.226 e. The molecule has 2 aromatic carbocycles. The zero-order valence-electron chi connectivity index (χ0n) is 16.3. The van der Waals surface area contributed by atoms with Crippen molar-refractivity contribution in [3.05, 3.63) is 65.2 Å². The summed E-state index contributed by atoms with van der Waals surface area (Å²) in [4.78, 5) is 14.4. The highest BCUT2D eigenvalue weighted by atomic mass is 16.2. The number of nitrogens with one attached hydrogen (secondary N) is 1. The minimum Gasteiger partial charge on any atom is -0.309 e. The van der Waals surface area contributed by atoms with Crippen LogP contribution in [0.2, 0.25) is 0 Å². The van der Waals surface area contributed by atoms with Crippen LogP contribution < -0.4 is 10.2 Å². The molecule has 2 unspecified atom stereocenters. The van der Waals surface area contributed by atoms with Crippen molar-refractivity contribution in [1.29, 1.82) is 0 Å². The molecular weight excluding hydrogens is 320 g/mol. The number of anilines is 1. The number of benzene rings is 2. The predicted molar refractivity (Wildman–Crippen MR) is 108 cm³/mol. The second-order valence-corrected chi connectivity index (χ2v) is 7.59. The van der Waals surface area contributed by atoms with Gasteiger partial charge in [-0.2, -0.15) is 0 Å². The van der Waals surface area contributed by atoms with Crippen LogP contribution in [-0.2, 0) is 11.3 Å². The van der Waals surface area contributed by atoms with Crippen LogP contribution in [0.1, 0.15) is 69.2 Å². The monoisotopic (exact) mass is 350 g/mol. The summed E-state index contributed by atoms with van der Waals surface area (Å²) >= 11 is 0. The van der Waals surface area contributed by atoms with Crippen molar-refractivity contribution in [2.45, 2.75) is 65.1 Å². The van der Waals surface area contributed by atoms with Gasteiger partial charge in [-0.15, -0.1) is 0 Å². The lowest BCUT2D eigenvalue weighted by Crippen LogP contribution is -2.45. The SMILES string of the molecule is CCC(=O)N1c2ccccc2C(NCc2ccc(C(C)C)cc2)CC1C. The van der Waals surface area contributed by atoms with Gasteiger partial charge >= 0.3 is 0 Å². The topological polar surface area (TPSA) is 32.3 Å². The highest BCUT2D eigenvalue weighted by Crippen LogP contribution is 2.37. The molecule has 0 spiro atoms. The van der Waals surface area contributed by atoms with E-state index >= 15 is 0 Å². The summed E-state index contributed by atoms with van der Waals surface area (Å²) in [6.45, 7) is 9.36. The van der Waals surface area contributed by atoms with Crippen molar-refractivity contribution >= 4 is 11.6 Å². The van der Waals surface area contributed by atoms with Gasteiger partial charge in [0.25, 0.3) is 0 Å². The Balaban J connectivity index is 1.77. The van der Waals surface area contributed by atoms with E-state index in [4.69, 9.17) is 0 Å². The fourth-order valence-electron chi connectivity index (χ4n) is 3.82. The van der Waals surface area contributed by atoms with Gasteiger partial charge in [0.15, 0.2) is 0 Å². The van der Waals surface area contributed by atoms with Gasteiger partial charge in [-0.1, -0.05) is 63.2 Å². The van der Waals surface area contributed by atoms with Crippen molar-refractivity contribution < 1.29 is 4.79 Å². The lowest BCUT2D eigenvalue weighted by Gasteiger charge is -2.39. The molecule has 0 saturated heterocycles. The normalized spacial score (nSPS) is 19.5. The van der Waals surface area contributed by atoms with Gasteiger partial charge in [-0.25, -0.2) is 0 Å². The highest BCUT2D eigenvalue weighted by Gasteiger charge is 2.32. The van der Waals surface area contributed by atoms with Crippen LogP contribution in [0.4, 0.5) is 5.69 Å². The van der Waals surface area contributed by atoms with E-state index in [0.29, 0.717) is 12.3 Å². The predicted octanol–water partition coefficient (Wildman–Crippen LogP) is 5.18. The van der Waals surface area contributed by atoms with E-state index in [1.54, 1.807) is 0 Å². The van der Waals surface area contributed by atoms with E-state index in [1.165, 1.54) is 16.7 Å². The summed E-state index contributed by atoms with van der Waals surface area (Å²) in [6.07, 6.45) is 1.48. The van der Waals surface area contributed by atoms with Crippen LogP contribution in [0.3, 0.4) is 0 Å². The van der Waals surface area contributed by atoms with Crippen LogP contribution in [0.15, 0.2) is 48.5 Å². The van der Waals surface area contributed by atoms with Gasteiger partial charge in [0, 0.05) is 30.7 Å². The molecule has 3 rings (SSSR count). The first-order valence-electron chi connectivity index (χ1n) is 9.74. The average Bonchev–Trinajstić information content (AvgIpc) is 2.66. The molecule has 0 radical (unpaired) electrons. The first-order chi connectivity index (χ1) is 12.5. The fourth-order valence-corrected chi connectivity index (χ4v) is 3.82. The van der Waals surface area contributed by atoms with Gasteiger partial charge in [-0.05, 0) is 42.0 Å². The standard InChI is InChI=1S/C23H30N2O/c1-5-23(26)25-17(4)14-21(20-8-6-7-9-22(20)25)24-15-18-10-12-19(13-11-18)16(2)3/h6-13,16-17,21,24H,5,14-15H2,1-4H3. The maximum absolute atomic E-state index is 12.4. The summed E-state index contributed by atoms with van der Waals surface area (Å²) in [7, 11) is 0. The molecule has 2 atom stereocenters. The molecule has 2 aromatic rings. The largest absolute Gasteiger partial charge is 0.309 e. The first-order valence-corrected chi connectivity index (χ1v) is 9.74. The van der Waals surface area contributed by atoms with E-state index in [0.717, 1.165) is 18.7 Å². The molecule has 26 heavy (non-hydrogen) atoms. The molecule has 1 amide bonds. The Morgan fingerprint density at radius 3 is 2.50 bits per heavy atom. The third-order valence-corrected chi connectivity index (χ3v) is 5.36. The van der Waals surface area contributed by atoms with E-state index in [-0.39, 0.29) is 18.0 Å². The third kappa shape index (κ3) is 3.83. The van der Waals surface area contributed by atoms with E-state index in [9.17, 15) is 4.79 Å². The quantitative estimate of drug-likeness (QED) is 0.806. The number of carbonyl (C=O) groups excluding carboxylic acids is 1. The average molecular weight is 351 g/mol. The van der Waals surface area contributed by atoms with Gasteiger partial charge in [0.1, 0.15) is 0 Å². The van der Waals surface area contributed by atoms with Crippen molar-refractivity contribution in [2.24, 2.45) is 0 Å². The number of carbonyl (C=O) groups is 1. The number of hydrogen-bond acceptors (Lipinski definition) is 2. The Bertz CT molecular complexity index is 751. The Morgan fingerprint density at radius 2 is 1.85 bits per heavy atom. The van der Waals surface area contributed by atoms with Crippen LogP contribution in [0.5, 0.6) is 0 Å². The van der Waals surface area contributed by atoms with Crippen molar-refractivity contribution in [3.63, 3.8) is 0 Å². The van der Waals surface area contributed by atoms with E-state index in [1.807, 2.05) is 17.9 Å². The van der Waals surface area contributed by atoms with E-state index in [2.05, 4.69) is 68.6 Å². The molecule has 0 saturated carbocycles. The fraction of sp³-hybridized carbons (Fsp3) is 0.435. The molecular formula is C23H30N2O. The highest BCUT2D eigenvalue weighted by molar-refractivity contribution is 5.95. The Kier molecular flexibility index (Phi) is 5.77. The Morgan fingerprint density at radius 1 is 1.15 bits per heavy atom. The summed E-state index contributed by atoms with van der Waals surface area (Å²) < 4.78 is 0. The number of hydrogen-bond donors (Lipinski definition) is 1. The molecule has 0 bridgehead atoms. The van der Waals surface area contributed by atoms with Crippen molar-refractivity contribution in [1.82, 2.24) is 5.32 Å². The van der Waals surface area contributed by atoms with Gasteiger partial charge in [0.2, 0.25) is 5.91 Å². The molecule has 0 fully saturated rings. The molecule has 0 aromatic heterocycles. The van der Waals surface area contributed by atoms with Crippen molar-refractivity contribution in [2.75, 3.05) is 4.90 Å². The number of amides is 1. The minimum atomic E-state index is 0.202. The molecule has 1 heterocycles. The zero-order chi connectivity index (χ0) is 18.7. The summed E-state index contributed by atoms with van der Waals surface area (Å²) in [5, 5.41) is 3.71. The molecule has 138 valence electrons. The number of nitrogens with zero attached hydrogens (tertiary/aromatic N) is 1.